The van der Waals surface area contributed by atoms with Crippen molar-refractivity contribution in [2.75, 3.05) is 13.1 Å². The zero-order valence-corrected chi connectivity index (χ0v) is 17.0. The Balaban J connectivity index is 1.95. The van der Waals surface area contributed by atoms with Crippen molar-refractivity contribution in [1.29, 1.82) is 0 Å². The summed E-state index contributed by atoms with van der Waals surface area (Å²) in [7, 11) is 0. The van der Waals surface area contributed by atoms with E-state index >= 15 is 0 Å². The Hall–Kier alpha value is -1.02. The SMILES string of the molecule is CC(C)SC1CC(=O)N(CCN2C(=O)CC(SC(C)(C)C)C2=O)C1=O. The number of likely N-dealkylation sites (tertiary alicyclic amines) is 2. The first kappa shape index (κ1) is 20.3. The third-order valence-corrected chi connectivity index (χ3v) is 6.49. The molecule has 25 heavy (non-hydrogen) atoms. The van der Waals surface area contributed by atoms with Crippen LogP contribution in [0.2, 0.25) is 0 Å². The minimum atomic E-state index is -0.373. The summed E-state index contributed by atoms with van der Waals surface area (Å²) >= 11 is 2.96. The van der Waals surface area contributed by atoms with Gasteiger partial charge < -0.3 is 0 Å². The molecule has 2 aliphatic heterocycles. The molecule has 0 bridgehead atoms. The van der Waals surface area contributed by atoms with Crippen molar-refractivity contribution in [3.63, 3.8) is 0 Å². The van der Waals surface area contributed by atoms with Crippen molar-refractivity contribution in [2.24, 2.45) is 0 Å². The van der Waals surface area contributed by atoms with E-state index in [4.69, 9.17) is 0 Å². The van der Waals surface area contributed by atoms with E-state index in [0.717, 1.165) is 0 Å². The first-order valence-electron chi connectivity index (χ1n) is 8.51. The van der Waals surface area contributed by atoms with Gasteiger partial charge in [-0.15, -0.1) is 23.5 Å². The predicted molar refractivity (Wildman–Crippen MR) is 100 cm³/mol. The van der Waals surface area contributed by atoms with E-state index in [1.54, 1.807) is 0 Å². The van der Waals surface area contributed by atoms with E-state index < -0.39 is 0 Å². The van der Waals surface area contributed by atoms with Gasteiger partial charge in [0.05, 0.1) is 10.5 Å². The monoisotopic (exact) mass is 386 g/mol. The van der Waals surface area contributed by atoms with Crippen molar-refractivity contribution in [3.05, 3.63) is 0 Å². The number of hydrogen-bond donors (Lipinski definition) is 0. The molecule has 2 rings (SSSR count). The van der Waals surface area contributed by atoms with E-state index in [1.165, 1.54) is 33.3 Å². The number of nitrogens with zero attached hydrogens (tertiary/aromatic N) is 2. The molecule has 0 aromatic rings. The maximum Gasteiger partial charge on any atom is 0.242 e. The molecule has 2 unspecified atom stereocenters. The zero-order chi connectivity index (χ0) is 18.9. The Morgan fingerprint density at radius 3 is 1.80 bits per heavy atom. The largest absolute Gasteiger partial charge is 0.280 e. The molecular formula is C17H26N2O4S2. The van der Waals surface area contributed by atoms with Crippen molar-refractivity contribution in [2.45, 2.75) is 68.0 Å². The number of hydrogen-bond acceptors (Lipinski definition) is 6. The van der Waals surface area contributed by atoms with Gasteiger partial charge in [-0.3, -0.25) is 29.0 Å². The molecule has 2 aliphatic rings. The Kier molecular flexibility index (Phi) is 6.25. The number of carbonyl (C=O) groups is 4. The van der Waals surface area contributed by atoms with Gasteiger partial charge in [0, 0.05) is 30.7 Å². The molecule has 0 N–H and O–H groups in total. The number of thioether (sulfide) groups is 2. The summed E-state index contributed by atoms with van der Waals surface area (Å²) in [5, 5.41) is -0.456. The van der Waals surface area contributed by atoms with Crippen LogP contribution in [0, 0.1) is 0 Å². The van der Waals surface area contributed by atoms with Crippen LogP contribution in [0.1, 0.15) is 47.5 Å². The van der Waals surface area contributed by atoms with Gasteiger partial charge in [-0.1, -0.05) is 34.6 Å². The molecule has 140 valence electrons. The van der Waals surface area contributed by atoms with Gasteiger partial charge in [-0.25, -0.2) is 0 Å². The lowest BCUT2D eigenvalue weighted by atomic mass is 10.3. The Morgan fingerprint density at radius 1 is 0.920 bits per heavy atom. The third-order valence-electron chi connectivity index (χ3n) is 3.88. The van der Waals surface area contributed by atoms with Crippen molar-refractivity contribution in [3.8, 4) is 0 Å². The Morgan fingerprint density at radius 2 is 1.36 bits per heavy atom. The van der Waals surface area contributed by atoms with Gasteiger partial charge in [0.25, 0.3) is 0 Å². The number of amides is 4. The highest BCUT2D eigenvalue weighted by atomic mass is 32.2. The smallest absolute Gasteiger partial charge is 0.242 e. The van der Waals surface area contributed by atoms with Crippen LogP contribution < -0.4 is 0 Å². The highest BCUT2D eigenvalue weighted by molar-refractivity contribution is 8.02. The maximum absolute atomic E-state index is 12.5. The fraction of sp³-hybridized carbons (Fsp3) is 0.765. The number of carbonyl (C=O) groups excluding carboxylic acids is 4. The minimum Gasteiger partial charge on any atom is -0.280 e. The van der Waals surface area contributed by atoms with Crippen molar-refractivity contribution < 1.29 is 19.2 Å². The summed E-state index contributed by atoms with van der Waals surface area (Å²) in [5.41, 5.74) is 0. The summed E-state index contributed by atoms with van der Waals surface area (Å²) in [5.74, 6) is -0.859. The summed E-state index contributed by atoms with van der Waals surface area (Å²) in [6, 6.07) is 0. The average Bonchev–Trinajstić information content (AvgIpc) is 2.85. The van der Waals surface area contributed by atoms with Crippen LogP contribution in [0.15, 0.2) is 0 Å². The summed E-state index contributed by atoms with van der Waals surface area (Å²) in [6.45, 7) is 10.2. The highest BCUT2D eigenvalue weighted by Gasteiger charge is 2.43. The van der Waals surface area contributed by atoms with Crippen LogP contribution in [0.3, 0.4) is 0 Å². The second-order valence-electron chi connectivity index (χ2n) is 7.57. The molecule has 2 atom stereocenters. The molecule has 2 heterocycles. The van der Waals surface area contributed by atoms with Gasteiger partial charge in [-0.05, 0) is 5.25 Å². The Labute approximate surface area is 157 Å². The van der Waals surface area contributed by atoms with Gasteiger partial charge in [0.15, 0.2) is 0 Å². The van der Waals surface area contributed by atoms with Crippen LogP contribution in [-0.2, 0) is 19.2 Å². The second-order valence-corrected chi connectivity index (χ2v) is 11.4. The highest BCUT2D eigenvalue weighted by Crippen LogP contribution is 2.34. The quantitative estimate of drug-likeness (QED) is 0.649. The van der Waals surface area contributed by atoms with Crippen molar-refractivity contribution >= 4 is 47.2 Å². The normalized spacial score (nSPS) is 25.0. The fourth-order valence-corrected chi connectivity index (χ4v) is 5.38. The molecule has 0 aromatic heterocycles. The summed E-state index contributed by atoms with van der Waals surface area (Å²) in [4.78, 5) is 51.5. The van der Waals surface area contributed by atoms with E-state index in [9.17, 15) is 19.2 Å². The first-order chi connectivity index (χ1) is 11.5. The van der Waals surface area contributed by atoms with Crippen LogP contribution in [0.25, 0.3) is 0 Å². The summed E-state index contributed by atoms with van der Waals surface area (Å²) in [6.07, 6.45) is 0.389. The van der Waals surface area contributed by atoms with E-state index in [1.807, 2.05) is 34.6 Å². The van der Waals surface area contributed by atoms with E-state index in [-0.39, 0.29) is 70.1 Å². The van der Waals surface area contributed by atoms with Gasteiger partial charge in [-0.2, -0.15) is 0 Å². The number of imide groups is 2. The molecule has 0 radical (unpaired) electrons. The van der Waals surface area contributed by atoms with Crippen LogP contribution in [-0.4, -0.2) is 67.0 Å². The molecule has 0 aromatic carbocycles. The predicted octanol–water partition coefficient (Wildman–Crippen LogP) is 1.91. The Bertz CT molecular complexity index is 586. The molecule has 0 saturated carbocycles. The topological polar surface area (TPSA) is 74.8 Å². The second kappa shape index (κ2) is 7.70. The van der Waals surface area contributed by atoms with E-state index in [2.05, 4.69) is 0 Å². The standard InChI is InChI=1S/C17H26N2O4S2/c1-10(2)24-11-8-13(20)18(15(11)22)6-7-19-14(21)9-12(16(19)23)25-17(3,4)5/h10-12H,6-9H2,1-5H3. The van der Waals surface area contributed by atoms with Crippen LogP contribution >= 0.6 is 23.5 Å². The zero-order valence-electron chi connectivity index (χ0n) is 15.4. The molecule has 2 fully saturated rings. The summed E-state index contributed by atoms with van der Waals surface area (Å²) < 4.78 is -0.112. The van der Waals surface area contributed by atoms with Crippen LogP contribution in [0.5, 0.6) is 0 Å². The molecule has 2 saturated heterocycles. The van der Waals surface area contributed by atoms with E-state index in [0.29, 0.717) is 0 Å². The lowest BCUT2D eigenvalue weighted by molar-refractivity contribution is -0.143. The van der Waals surface area contributed by atoms with Crippen molar-refractivity contribution in [1.82, 2.24) is 9.80 Å². The van der Waals surface area contributed by atoms with Crippen LogP contribution in [0.4, 0.5) is 0 Å². The molecule has 6 nitrogen and oxygen atoms in total. The van der Waals surface area contributed by atoms with Gasteiger partial charge in [0.1, 0.15) is 0 Å². The number of rotatable bonds is 6. The van der Waals surface area contributed by atoms with Gasteiger partial charge in [0.2, 0.25) is 23.6 Å². The molecule has 8 heteroatoms. The third kappa shape index (κ3) is 5.00. The lowest BCUT2D eigenvalue weighted by Crippen LogP contribution is -2.41. The lowest BCUT2D eigenvalue weighted by Gasteiger charge is -2.22. The van der Waals surface area contributed by atoms with Gasteiger partial charge >= 0.3 is 0 Å². The average molecular weight is 387 g/mol. The minimum absolute atomic E-state index is 0.0927. The molecule has 0 spiro atoms. The molecular weight excluding hydrogens is 360 g/mol. The fourth-order valence-electron chi connectivity index (χ4n) is 2.93. The molecule has 4 amide bonds. The maximum atomic E-state index is 12.5. The molecule has 0 aliphatic carbocycles. The first-order valence-corrected chi connectivity index (χ1v) is 10.3.